The van der Waals surface area contributed by atoms with E-state index in [0.717, 1.165) is 34.6 Å². The molecule has 0 fully saturated rings. The highest BCUT2D eigenvalue weighted by Gasteiger charge is 2.37. The zero-order chi connectivity index (χ0) is 39.9. The number of hydrogen-bond acceptors (Lipinski definition) is 5. The van der Waals surface area contributed by atoms with Crippen LogP contribution in [0.4, 0.5) is 17.1 Å². The summed E-state index contributed by atoms with van der Waals surface area (Å²) in [6.45, 7) is 6.13. The summed E-state index contributed by atoms with van der Waals surface area (Å²) in [6.07, 6.45) is 0.939. The summed E-state index contributed by atoms with van der Waals surface area (Å²) >= 11 is 0. The molecular weight excluding hydrogens is 715 g/mol. The molecule has 8 aromatic carbocycles. The Labute approximate surface area is 338 Å². The van der Waals surface area contributed by atoms with E-state index < -0.39 is 17.2 Å². The average molecular weight is 756 g/mol. The summed E-state index contributed by atoms with van der Waals surface area (Å²) in [4.78, 5) is 2.22. The Balaban J connectivity index is 1.06. The van der Waals surface area contributed by atoms with Crippen LogP contribution >= 0.6 is 0 Å². The largest absolute Gasteiger partial charge is 0.507 e. The Morgan fingerprint density at radius 3 is 1.71 bits per heavy atom. The molecule has 0 amide bonds. The molecule has 58 heavy (non-hydrogen) atoms. The fourth-order valence-electron chi connectivity index (χ4n) is 9.21. The van der Waals surface area contributed by atoms with Crippen LogP contribution in [0.3, 0.4) is 0 Å². The van der Waals surface area contributed by atoms with E-state index >= 15 is 0 Å². The molecule has 0 aliphatic heterocycles. The molecule has 0 heterocycles. The van der Waals surface area contributed by atoms with Crippen LogP contribution in [0.25, 0.3) is 55.6 Å². The van der Waals surface area contributed by atoms with Crippen LogP contribution in [0.5, 0.6) is 23.0 Å². The van der Waals surface area contributed by atoms with Crippen molar-refractivity contribution >= 4 is 17.1 Å². The number of hydrogen-bond donors (Lipinski definition) is 4. The van der Waals surface area contributed by atoms with Crippen LogP contribution in [-0.2, 0) is 11.8 Å². The number of phenolic OH excluding ortho intramolecular Hbond substituents is 4. The lowest BCUT2D eigenvalue weighted by molar-refractivity contribution is 0.360. The van der Waals surface area contributed by atoms with Crippen LogP contribution in [0.2, 0.25) is 0 Å². The van der Waals surface area contributed by atoms with Gasteiger partial charge in [0.2, 0.25) is 5.75 Å². The molecule has 0 radical (unpaired) electrons. The summed E-state index contributed by atoms with van der Waals surface area (Å²) in [6, 6.07) is 55.5. The smallest absolute Gasteiger partial charge is 0.201 e. The van der Waals surface area contributed by atoms with E-state index in [9.17, 15) is 20.4 Å². The van der Waals surface area contributed by atoms with E-state index in [1.54, 1.807) is 12.1 Å². The molecule has 2 aliphatic carbocycles. The average Bonchev–Trinajstić information content (AvgIpc) is 3.75. The molecule has 0 unspecified atom stereocenters. The third kappa shape index (κ3) is 5.38. The van der Waals surface area contributed by atoms with Crippen molar-refractivity contribution in [3.05, 3.63) is 186 Å². The van der Waals surface area contributed by atoms with Gasteiger partial charge in [-0.15, -0.1) is 0 Å². The van der Waals surface area contributed by atoms with Gasteiger partial charge in [-0.25, -0.2) is 0 Å². The number of fused-ring (bicyclic) bond motifs is 6. The topological polar surface area (TPSA) is 84.2 Å². The van der Waals surface area contributed by atoms with Crippen LogP contribution in [0, 0.1) is 6.92 Å². The summed E-state index contributed by atoms with van der Waals surface area (Å²) in [7, 11) is 0. The molecule has 282 valence electrons. The first-order valence-corrected chi connectivity index (χ1v) is 19.6. The molecule has 0 bridgehead atoms. The fraction of sp³-hybridized carbons (Fsp3) is 0.0943. The Morgan fingerprint density at radius 1 is 0.431 bits per heavy atom. The van der Waals surface area contributed by atoms with Gasteiger partial charge < -0.3 is 25.3 Å². The molecule has 8 aromatic rings. The third-order valence-electron chi connectivity index (χ3n) is 12.4. The summed E-state index contributed by atoms with van der Waals surface area (Å²) in [5.41, 5.74) is 18.4. The van der Waals surface area contributed by atoms with Gasteiger partial charge in [0.15, 0.2) is 11.5 Å². The summed E-state index contributed by atoms with van der Waals surface area (Å²) in [5.74, 6) is -2.08. The lowest BCUT2D eigenvalue weighted by Crippen LogP contribution is -2.16. The maximum atomic E-state index is 10.9. The first-order valence-electron chi connectivity index (χ1n) is 19.6. The van der Waals surface area contributed by atoms with Gasteiger partial charge >= 0.3 is 0 Å². The monoisotopic (exact) mass is 755 g/mol. The molecule has 4 N–H and O–H groups in total. The van der Waals surface area contributed by atoms with E-state index in [0.29, 0.717) is 5.56 Å². The van der Waals surface area contributed by atoms with Crippen molar-refractivity contribution in [1.82, 2.24) is 0 Å². The minimum atomic E-state index is -0.665. The number of anilines is 3. The Bertz CT molecular complexity index is 2900. The standard InChI is InChI=1S/C53H41NO4/c1-31-49(55)48(51(57)52(58)50(31)56)34-18-23-38(24-19-34)54(37-21-16-33(17-22-37)32-10-5-4-6-11-32)39-25-27-44-43-26-20-36(29-46(43)53(2,3)47(44)30-39)41-14-9-15-42-40-13-8-7-12-35(40)28-45(41)42/h4-27,29-30,55-58H,28H2,1-3H3. The van der Waals surface area contributed by atoms with Crippen molar-refractivity contribution in [2.75, 3.05) is 4.90 Å². The van der Waals surface area contributed by atoms with Crippen molar-refractivity contribution in [2.45, 2.75) is 32.6 Å². The second-order valence-corrected chi connectivity index (χ2v) is 16.0. The molecule has 10 rings (SSSR count). The van der Waals surface area contributed by atoms with Crippen molar-refractivity contribution in [3.63, 3.8) is 0 Å². The highest BCUT2D eigenvalue weighted by atomic mass is 16.3. The van der Waals surface area contributed by atoms with Crippen molar-refractivity contribution in [3.8, 4) is 78.6 Å². The molecular formula is C53H41NO4. The van der Waals surface area contributed by atoms with Crippen LogP contribution in [0.1, 0.15) is 41.7 Å². The van der Waals surface area contributed by atoms with Crippen molar-refractivity contribution in [1.29, 1.82) is 0 Å². The van der Waals surface area contributed by atoms with E-state index in [-0.39, 0.29) is 22.3 Å². The Kier molecular flexibility index (Phi) is 7.99. The predicted molar refractivity (Wildman–Crippen MR) is 235 cm³/mol. The maximum absolute atomic E-state index is 10.9. The third-order valence-corrected chi connectivity index (χ3v) is 12.4. The van der Waals surface area contributed by atoms with Gasteiger partial charge in [0.1, 0.15) is 5.75 Å². The van der Waals surface area contributed by atoms with Crippen molar-refractivity contribution in [2.24, 2.45) is 0 Å². The normalized spacial score (nSPS) is 13.1. The SMILES string of the molecule is Cc1c(O)c(O)c(O)c(-c2ccc(N(c3ccc(-c4ccccc4)cc3)c3ccc4c(c3)C(C)(C)c3cc(-c5cccc6c5Cc5ccccc5-6)ccc3-4)cc2)c1O. The van der Waals surface area contributed by atoms with E-state index in [1.165, 1.54) is 62.6 Å². The summed E-state index contributed by atoms with van der Waals surface area (Å²) in [5, 5.41) is 42.3. The van der Waals surface area contributed by atoms with Crippen LogP contribution < -0.4 is 4.90 Å². The molecule has 5 heteroatoms. The minimum Gasteiger partial charge on any atom is -0.507 e. The van der Waals surface area contributed by atoms with Gasteiger partial charge in [-0.3, -0.25) is 0 Å². The number of aromatic hydroxyl groups is 4. The number of rotatable bonds is 6. The predicted octanol–water partition coefficient (Wildman–Crippen LogP) is 13.2. The quantitative estimate of drug-likeness (QED) is 0.100. The number of nitrogens with zero attached hydrogens (tertiary/aromatic N) is 1. The van der Waals surface area contributed by atoms with Gasteiger partial charge in [0.25, 0.3) is 0 Å². The fourth-order valence-corrected chi connectivity index (χ4v) is 9.21. The number of benzene rings is 8. The molecule has 0 spiro atoms. The molecule has 2 aliphatic rings. The van der Waals surface area contributed by atoms with Gasteiger partial charge in [-0.05, 0) is 128 Å². The van der Waals surface area contributed by atoms with Gasteiger partial charge in [-0.2, -0.15) is 0 Å². The zero-order valence-electron chi connectivity index (χ0n) is 32.5. The second-order valence-electron chi connectivity index (χ2n) is 16.0. The first kappa shape index (κ1) is 35.2. The Morgan fingerprint density at radius 2 is 0.983 bits per heavy atom. The zero-order valence-corrected chi connectivity index (χ0v) is 32.5. The molecule has 0 saturated heterocycles. The maximum Gasteiger partial charge on any atom is 0.201 e. The highest BCUT2D eigenvalue weighted by molar-refractivity contribution is 5.91. The minimum absolute atomic E-state index is 0.0551. The lowest BCUT2D eigenvalue weighted by atomic mass is 9.81. The van der Waals surface area contributed by atoms with Gasteiger partial charge in [-0.1, -0.05) is 129 Å². The molecule has 0 saturated carbocycles. The van der Waals surface area contributed by atoms with Gasteiger partial charge in [0, 0.05) is 28.0 Å². The number of phenols is 4. The van der Waals surface area contributed by atoms with Crippen molar-refractivity contribution < 1.29 is 20.4 Å². The first-order chi connectivity index (χ1) is 28.1. The Hall–Kier alpha value is -7.24. The van der Waals surface area contributed by atoms with Gasteiger partial charge in [0.05, 0.1) is 5.56 Å². The molecule has 0 atom stereocenters. The van der Waals surface area contributed by atoms with Crippen LogP contribution in [0.15, 0.2) is 158 Å². The highest BCUT2D eigenvalue weighted by Crippen LogP contribution is 2.54. The van der Waals surface area contributed by atoms with E-state index in [4.69, 9.17) is 0 Å². The van der Waals surface area contributed by atoms with Crippen LogP contribution in [-0.4, -0.2) is 20.4 Å². The lowest BCUT2D eigenvalue weighted by Gasteiger charge is -2.28. The van der Waals surface area contributed by atoms with E-state index in [2.05, 4.69) is 134 Å². The molecule has 5 nitrogen and oxygen atoms in total. The van der Waals surface area contributed by atoms with E-state index in [1.807, 2.05) is 30.3 Å². The molecule has 0 aromatic heterocycles. The second kappa shape index (κ2) is 13.2. The summed E-state index contributed by atoms with van der Waals surface area (Å²) < 4.78 is 0.